The minimum atomic E-state index is -0.489. The van der Waals surface area contributed by atoms with E-state index in [1.165, 1.54) is 0 Å². The van der Waals surface area contributed by atoms with Gasteiger partial charge in [0.15, 0.2) is 11.5 Å². The third-order valence-corrected chi connectivity index (χ3v) is 4.27. The molecule has 1 aromatic rings. The van der Waals surface area contributed by atoms with Crippen LogP contribution < -0.4 is 19.5 Å². The van der Waals surface area contributed by atoms with Crippen LogP contribution in [0.5, 0.6) is 17.2 Å². The number of piperidine rings is 1. The van der Waals surface area contributed by atoms with Gasteiger partial charge in [0, 0.05) is 18.1 Å². The van der Waals surface area contributed by atoms with E-state index in [9.17, 15) is 5.11 Å². The van der Waals surface area contributed by atoms with Crippen molar-refractivity contribution in [2.75, 3.05) is 19.9 Å². The molecule has 1 fully saturated rings. The molecule has 102 valence electrons. The number of aliphatic hydroxyl groups is 1. The predicted molar refractivity (Wildman–Crippen MR) is 67.6 cm³/mol. The van der Waals surface area contributed by atoms with Crippen molar-refractivity contribution in [2.24, 2.45) is 0 Å². The van der Waals surface area contributed by atoms with Crippen LogP contribution in [0.3, 0.4) is 0 Å². The monoisotopic (exact) mass is 263 g/mol. The first kappa shape index (κ1) is 11.4. The van der Waals surface area contributed by atoms with Crippen LogP contribution in [0.25, 0.3) is 0 Å². The van der Waals surface area contributed by atoms with Gasteiger partial charge >= 0.3 is 0 Å². The Morgan fingerprint density at radius 2 is 1.84 bits per heavy atom. The van der Waals surface area contributed by atoms with E-state index in [-0.39, 0.29) is 12.4 Å². The molecular formula is C14H17NO4. The van der Waals surface area contributed by atoms with E-state index in [0.29, 0.717) is 17.9 Å². The maximum atomic E-state index is 10.4. The molecule has 1 atom stereocenters. The minimum absolute atomic E-state index is 0.231. The zero-order valence-electron chi connectivity index (χ0n) is 10.6. The van der Waals surface area contributed by atoms with Crippen molar-refractivity contribution < 1.29 is 19.3 Å². The van der Waals surface area contributed by atoms with E-state index in [2.05, 4.69) is 5.32 Å². The topological polar surface area (TPSA) is 60.0 Å². The third kappa shape index (κ3) is 1.76. The van der Waals surface area contributed by atoms with Crippen molar-refractivity contribution in [3.05, 3.63) is 17.7 Å². The van der Waals surface area contributed by atoms with E-state index >= 15 is 0 Å². The number of hydrogen-bond donors (Lipinski definition) is 2. The van der Waals surface area contributed by atoms with E-state index < -0.39 is 6.10 Å². The van der Waals surface area contributed by atoms with Crippen molar-refractivity contribution in [1.29, 1.82) is 0 Å². The molecule has 0 saturated carbocycles. The summed E-state index contributed by atoms with van der Waals surface area (Å²) in [6, 6.07) is 3.69. The number of aliphatic hydroxyl groups excluding tert-OH is 1. The van der Waals surface area contributed by atoms with E-state index in [4.69, 9.17) is 14.2 Å². The van der Waals surface area contributed by atoms with E-state index in [1.807, 2.05) is 12.1 Å². The van der Waals surface area contributed by atoms with Gasteiger partial charge in [-0.3, -0.25) is 0 Å². The predicted octanol–water partition coefficient (Wildman–Crippen LogP) is 1.35. The molecule has 1 saturated heterocycles. The average molecular weight is 263 g/mol. The molecule has 1 unspecified atom stereocenters. The Labute approximate surface area is 111 Å². The molecule has 3 aliphatic rings. The van der Waals surface area contributed by atoms with Gasteiger partial charge in [0.05, 0.1) is 6.10 Å². The highest BCUT2D eigenvalue weighted by molar-refractivity contribution is 5.53. The summed E-state index contributed by atoms with van der Waals surface area (Å²) >= 11 is 0. The number of nitrogens with one attached hydrogen (secondary N) is 1. The van der Waals surface area contributed by atoms with Gasteiger partial charge in [-0.15, -0.1) is 0 Å². The lowest BCUT2D eigenvalue weighted by Gasteiger charge is -2.43. The largest absolute Gasteiger partial charge is 0.487 e. The Bertz CT molecular complexity index is 510. The van der Waals surface area contributed by atoms with Crippen LogP contribution >= 0.6 is 0 Å². The molecule has 0 aliphatic carbocycles. The number of hydrogen-bond acceptors (Lipinski definition) is 5. The standard InChI is InChI=1S/C14H17NO4/c16-10-7-14(1-3-15-4-2-14)19-11-6-13-12(5-9(10)11)17-8-18-13/h5-6,10,15-16H,1-4,7-8H2. The molecule has 4 rings (SSSR count). The molecule has 2 N–H and O–H groups in total. The van der Waals surface area contributed by atoms with Crippen LogP contribution in [0.2, 0.25) is 0 Å². The molecule has 0 amide bonds. The summed E-state index contributed by atoms with van der Waals surface area (Å²) < 4.78 is 17.0. The second-order valence-electron chi connectivity index (χ2n) is 5.50. The van der Waals surface area contributed by atoms with Gasteiger partial charge in [0.25, 0.3) is 0 Å². The lowest BCUT2D eigenvalue weighted by atomic mass is 9.82. The maximum Gasteiger partial charge on any atom is 0.231 e. The first-order valence-corrected chi connectivity index (χ1v) is 6.77. The van der Waals surface area contributed by atoms with E-state index in [0.717, 1.165) is 37.2 Å². The van der Waals surface area contributed by atoms with Gasteiger partial charge < -0.3 is 24.6 Å². The van der Waals surface area contributed by atoms with E-state index in [1.54, 1.807) is 0 Å². The number of rotatable bonds is 0. The number of benzene rings is 1. The second-order valence-corrected chi connectivity index (χ2v) is 5.50. The van der Waals surface area contributed by atoms with Crippen molar-refractivity contribution in [2.45, 2.75) is 31.0 Å². The summed E-state index contributed by atoms with van der Waals surface area (Å²) in [5, 5.41) is 13.7. The molecule has 3 aliphatic heterocycles. The zero-order chi connectivity index (χ0) is 12.9. The number of fused-ring (bicyclic) bond motifs is 2. The molecule has 0 bridgehead atoms. The second kappa shape index (κ2) is 4.02. The molecule has 1 spiro atoms. The van der Waals surface area contributed by atoms with Crippen molar-refractivity contribution >= 4 is 0 Å². The molecule has 1 aromatic carbocycles. The lowest BCUT2D eigenvalue weighted by Crippen LogP contribution is -2.49. The summed E-state index contributed by atoms with van der Waals surface area (Å²) in [7, 11) is 0. The summed E-state index contributed by atoms with van der Waals surface area (Å²) in [4.78, 5) is 0. The van der Waals surface area contributed by atoms with Crippen LogP contribution in [0.15, 0.2) is 12.1 Å². The average Bonchev–Trinajstić information content (AvgIpc) is 2.85. The van der Waals surface area contributed by atoms with Crippen LogP contribution in [0.1, 0.15) is 30.9 Å². The van der Waals surface area contributed by atoms with Crippen LogP contribution in [-0.4, -0.2) is 30.6 Å². The fourth-order valence-electron chi connectivity index (χ4n) is 3.21. The Kier molecular flexibility index (Phi) is 2.40. The zero-order valence-corrected chi connectivity index (χ0v) is 10.6. The smallest absolute Gasteiger partial charge is 0.231 e. The number of ether oxygens (including phenoxy) is 3. The molecule has 19 heavy (non-hydrogen) atoms. The van der Waals surface area contributed by atoms with Gasteiger partial charge in [0.2, 0.25) is 6.79 Å². The Hall–Kier alpha value is -1.46. The Balaban J connectivity index is 1.73. The summed E-state index contributed by atoms with van der Waals surface area (Å²) in [5.41, 5.74) is 0.583. The van der Waals surface area contributed by atoms with Gasteiger partial charge in [-0.25, -0.2) is 0 Å². The van der Waals surface area contributed by atoms with Gasteiger partial charge in [-0.1, -0.05) is 0 Å². The molecule has 0 aromatic heterocycles. The molecule has 5 heteroatoms. The van der Waals surface area contributed by atoms with Crippen LogP contribution in [0.4, 0.5) is 0 Å². The highest BCUT2D eigenvalue weighted by atomic mass is 16.7. The first-order valence-electron chi connectivity index (χ1n) is 6.77. The molecule has 0 radical (unpaired) electrons. The summed E-state index contributed by atoms with van der Waals surface area (Å²) in [6.45, 7) is 2.11. The van der Waals surface area contributed by atoms with Gasteiger partial charge in [-0.2, -0.15) is 0 Å². The summed E-state index contributed by atoms with van der Waals surface area (Å²) in [6.07, 6.45) is 2.02. The van der Waals surface area contributed by atoms with Gasteiger partial charge in [-0.05, 0) is 32.0 Å². The normalized spacial score (nSPS) is 26.9. The lowest BCUT2D eigenvalue weighted by molar-refractivity contribution is -0.0337. The Morgan fingerprint density at radius 1 is 1.11 bits per heavy atom. The first-order chi connectivity index (χ1) is 9.26. The maximum absolute atomic E-state index is 10.4. The van der Waals surface area contributed by atoms with Crippen molar-refractivity contribution in [1.82, 2.24) is 5.32 Å². The fraction of sp³-hybridized carbons (Fsp3) is 0.571. The Morgan fingerprint density at radius 3 is 2.63 bits per heavy atom. The van der Waals surface area contributed by atoms with Crippen molar-refractivity contribution in [3.63, 3.8) is 0 Å². The van der Waals surface area contributed by atoms with Gasteiger partial charge in [0.1, 0.15) is 11.4 Å². The van der Waals surface area contributed by atoms with Crippen LogP contribution in [-0.2, 0) is 0 Å². The molecule has 5 nitrogen and oxygen atoms in total. The van der Waals surface area contributed by atoms with Crippen molar-refractivity contribution in [3.8, 4) is 17.2 Å². The quantitative estimate of drug-likeness (QED) is 0.740. The SMILES string of the molecule is OC1CC2(CCNCC2)Oc2cc3c(cc21)OCO3. The highest BCUT2D eigenvalue weighted by Gasteiger charge is 2.42. The minimum Gasteiger partial charge on any atom is -0.487 e. The fourth-order valence-corrected chi connectivity index (χ4v) is 3.21. The summed E-state index contributed by atoms with van der Waals surface area (Å²) in [5.74, 6) is 2.14. The molecule has 3 heterocycles. The molecular weight excluding hydrogens is 246 g/mol. The highest BCUT2D eigenvalue weighted by Crippen LogP contribution is 2.48. The van der Waals surface area contributed by atoms with Crippen LogP contribution in [0, 0.1) is 0 Å². The third-order valence-electron chi connectivity index (χ3n) is 4.27.